The Hall–Kier alpha value is -3.92. The molecule has 3 heterocycles. The zero-order valence-corrected chi connectivity index (χ0v) is 24.4. The van der Waals surface area contributed by atoms with Gasteiger partial charge in [-0.1, -0.05) is 12.1 Å². The summed E-state index contributed by atoms with van der Waals surface area (Å²) in [7, 11) is -3.04. The van der Waals surface area contributed by atoms with Gasteiger partial charge in [0.05, 0.1) is 41.1 Å². The summed E-state index contributed by atoms with van der Waals surface area (Å²) < 4.78 is 68.5. The van der Waals surface area contributed by atoms with E-state index >= 15 is 0 Å². The van der Waals surface area contributed by atoms with Crippen LogP contribution in [0.5, 0.6) is 0 Å². The molecule has 1 aliphatic heterocycles. The molecule has 0 radical (unpaired) electrons. The first-order valence-corrected chi connectivity index (χ1v) is 16.1. The molecule has 6 rings (SSSR count). The van der Waals surface area contributed by atoms with E-state index in [1.165, 1.54) is 16.8 Å². The highest BCUT2D eigenvalue weighted by Gasteiger charge is 2.51. The van der Waals surface area contributed by atoms with E-state index in [0.717, 1.165) is 17.4 Å². The van der Waals surface area contributed by atoms with Crippen LogP contribution in [-0.2, 0) is 14.6 Å². The largest absolute Gasteiger partial charge is 0.369 e. The van der Waals surface area contributed by atoms with Crippen LogP contribution in [0.3, 0.4) is 0 Å². The van der Waals surface area contributed by atoms with Gasteiger partial charge in [0.1, 0.15) is 11.4 Å². The molecule has 1 saturated heterocycles. The van der Waals surface area contributed by atoms with Crippen LogP contribution >= 0.6 is 0 Å². The Kier molecular flexibility index (Phi) is 7.23. The average molecular weight is 613 g/mol. The second-order valence-corrected chi connectivity index (χ2v) is 14.1. The minimum atomic E-state index is -3.04. The lowest BCUT2D eigenvalue weighted by Crippen LogP contribution is -2.45. The van der Waals surface area contributed by atoms with Crippen LogP contribution in [0.25, 0.3) is 16.9 Å². The number of hydrogen-bond acceptors (Lipinski definition) is 7. The normalized spacial score (nSPS) is 23.7. The van der Waals surface area contributed by atoms with Crippen LogP contribution < -0.4 is 10.2 Å². The van der Waals surface area contributed by atoms with Crippen LogP contribution in [0, 0.1) is 30.0 Å². The summed E-state index contributed by atoms with van der Waals surface area (Å²) in [4.78, 5) is 19.6. The fourth-order valence-corrected chi connectivity index (χ4v) is 7.32. The van der Waals surface area contributed by atoms with Crippen molar-refractivity contribution in [3.63, 3.8) is 0 Å². The first-order valence-electron chi connectivity index (χ1n) is 14.3. The molecule has 9 nitrogen and oxygen atoms in total. The topological polar surface area (TPSA) is 121 Å². The number of carbonyl (C=O) groups is 1. The molecule has 3 aromatic rings. The minimum Gasteiger partial charge on any atom is -0.369 e. The minimum absolute atomic E-state index is 0.00523. The standard InChI is InChI=1S/C30H31F3N6O3S/c1-19-26(20-2-5-22(6-3-20)38-12-14-43(41,42)15-13-38)27(37-39(19)25-7-4-21(31)17-35-25)23-8-9-30(32,33)16-24(23)28(40)36-29(18-34)10-11-29/h2-7,17,23-24H,8-16H2,1H3,(H,36,40)/t23-,24-/m1/s1. The molecule has 226 valence electrons. The molecule has 3 aliphatic rings. The highest BCUT2D eigenvalue weighted by molar-refractivity contribution is 7.91. The van der Waals surface area contributed by atoms with E-state index < -0.39 is 57.7 Å². The van der Waals surface area contributed by atoms with Crippen LogP contribution in [0.15, 0.2) is 42.6 Å². The van der Waals surface area contributed by atoms with E-state index in [2.05, 4.69) is 16.4 Å². The van der Waals surface area contributed by atoms with E-state index in [1.54, 1.807) is 0 Å². The molecule has 1 aromatic carbocycles. The number of benzene rings is 1. The Balaban J connectivity index is 1.41. The Morgan fingerprint density at radius 2 is 1.79 bits per heavy atom. The SMILES string of the molecule is Cc1c(-c2ccc(N3CCS(=O)(=O)CC3)cc2)c([C@@H]2CCC(F)(F)C[C@H]2C(=O)NC2(C#N)CC2)nn1-c1ccc(F)cn1. The molecule has 1 amide bonds. The lowest BCUT2D eigenvalue weighted by atomic mass is 9.73. The van der Waals surface area contributed by atoms with Crippen molar-refractivity contribution in [1.29, 1.82) is 5.26 Å². The van der Waals surface area contributed by atoms with Crippen molar-refractivity contribution in [3.05, 3.63) is 59.8 Å². The monoisotopic (exact) mass is 612 g/mol. The number of carbonyl (C=O) groups excluding carboxylic acids is 1. The number of aromatic nitrogens is 3. The number of nitrogens with one attached hydrogen (secondary N) is 1. The van der Waals surface area contributed by atoms with Gasteiger partial charge >= 0.3 is 0 Å². The third-order valence-corrected chi connectivity index (χ3v) is 10.4. The third kappa shape index (κ3) is 5.85. The van der Waals surface area contributed by atoms with Crippen molar-refractivity contribution in [2.75, 3.05) is 29.5 Å². The average Bonchev–Trinajstić information content (AvgIpc) is 3.67. The number of alkyl halides is 2. The van der Waals surface area contributed by atoms with Crippen LogP contribution in [0.2, 0.25) is 0 Å². The molecular formula is C30H31F3N6O3S. The molecular weight excluding hydrogens is 581 g/mol. The molecule has 0 unspecified atom stereocenters. The molecule has 2 atom stereocenters. The van der Waals surface area contributed by atoms with Gasteiger partial charge < -0.3 is 10.2 Å². The van der Waals surface area contributed by atoms with Gasteiger partial charge in [0.15, 0.2) is 15.7 Å². The summed E-state index contributed by atoms with van der Waals surface area (Å²) in [5.41, 5.74) is 2.34. The van der Waals surface area contributed by atoms with E-state index in [9.17, 15) is 31.6 Å². The van der Waals surface area contributed by atoms with Gasteiger partial charge in [0.2, 0.25) is 11.8 Å². The molecule has 3 fully saturated rings. The summed E-state index contributed by atoms with van der Waals surface area (Å²) >= 11 is 0. The number of rotatable bonds is 6. The van der Waals surface area contributed by atoms with Gasteiger partial charge in [0.25, 0.3) is 0 Å². The Labute approximate surface area is 247 Å². The molecule has 1 N–H and O–H groups in total. The first kappa shape index (κ1) is 29.2. The van der Waals surface area contributed by atoms with E-state index in [1.807, 2.05) is 36.1 Å². The van der Waals surface area contributed by atoms with Crippen LogP contribution in [0.1, 0.15) is 49.4 Å². The van der Waals surface area contributed by atoms with Crippen molar-refractivity contribution in [2.24, 2.45) is 5.92 Å². The Morgan fingerprint density at radius 1 is 1.09 bits per heavy atom. The van der Waals surface area contributed by atoms with Crippen molar-refractivity contribution >= 4 is 21.4 Å². The zero-order chi connectivity index (χ0) is 30.6. The molecule has 2 aromatic heterocycles. The quantitative estimate of drug-likeness (QED) is 0.441. The van der Waals surface area contributed by atoms with Gasteiger partial charge in [-0.2, -0.15) is 10.4 Å². The van der Waals surface area contributed by atoms with Gasteiger partial charge in [-0.05, 0) is 56.0 Å². The van der Waals surface area contributed by atoms with Crippen molar-refractivity contribution in [2.45, 2.75) is 56.4 Å². The molecule has 43 heavy (non-hydrogen) atoms. The number of anilines is 1. The molecule has 2 saturated carbocycles. The predicted octanol–water partition coefficient (Wildman–Crippen LogP) is 4.31. The number of sulfone groups is 1. The van der Waals surface area contributed by atoms with Gasteiger partial charge in [-0.15, -0.1) is 0 Å². The maximum atomic E-state index is 14.8. The molecule has 0 spiro atoms. The fraction of sp³-hybridized carbons (Fsp3) is 0.467. The van der Waals surface area contributed by atoms with Gasteiger partial charge in [-0.25, -0.2) is 31.3 Å². The molecule has 13 heteroatoms. The van der Waals surface area contributed by atoms with Crippen molar-refractivity contribution in [1.82, 2.24) is 20.1 Å². The van der Waals surface area contributed by atoms with Gasteiger partial charge in [0, 0.05) is 43.1 Å². The predicted molar refractivity (Wildman–Crippen MR) is 153 cm³/mol. The van der Waals surface area contributed by atoms with E-state index in [0.29, 0.717) is 48.7 Å². The first-order chi connectivity index (χ1) is 20.4. The van der Waals surface area contributed by atoms with E-state index in [4.69, 9.17) is 5.10 Å². The summed E-state index contributed by atoms with van der Waals surface area (Å²) in [5.74, 6) is -5.44. The summed E-state index contributed by atoms with van der Waals surface area (Å²) in [5, 5.41) is 17.1. The second-order valence-electron chi connectivity index (χ2n) is 11.8. The van der Waals surface area contributed by atoms with E-state index in [-0.39, 0.29) is 17.9 Å². The fourth-order valence-electron chi connectivity index (χ4n) is 6.12. The number of pyridine rings is 1. The lowest BCUT2D eigenvalue weighted by Gasteiger charge is -2.35. The number of amides is 1. The van der Waals surface area contributed by atoms with Crippen molar-refractivity contribution in [3.8, 4) is 23.0 Å². The molecule has 2 aliphatic carbocycles. The van der Waals surface area contributed by atoms with Crippen LogP contribution in [0.4, 0.5) is 18.9 Å². The number of hydrogen-bond donors (Lipinski definition) is 1. The summed E-state index contributed by atoms with van der Waals surface area (Å²) in [6.07, 6.45) is 0.952. The van der Waals surface area contributed by atoms with Crippen LogP contribution in [-0.4, -0.2) is 65.1 Å². The van der Waals surface area contributed by atoms with Gasteiger partial charge in [-0.3, -0.25) is 4.79 Å². The molecule has 0 bridgehead atoms. The Bertz CT molecular complexity index is 1680. The summed E-state index contributed by atoms with van der Waals surface area (Å²) in [6.45, 7) is 2.58. The highest BCUT2D eigenvalue weighted by atomic mass is 32.2. The zero-order valence-electron chi connectivity index (χ0n) is 23.6. The van der Waals surface area contributed by atoms with Crippen molar-refractivity contribution < 1.29 is 26.4 Å². The summed E-state index contributed by atoms with van der Waals surface area (Å²) in [6, 6.07) is 12.3. The smallest absolute Gasteiger partial charge is 0.249 e. The number of nitrogens with zero attached hydrogens (tertiary/aromatic N) is 5. The Morgan fingerprint density at radius 3 is 2.40 bits per heavy atom. The lowest BCUT2D eigenvalue weighted by molar-refractivity contribution is -0.134. The maximum absolute atomic E-state index is 14.8. The number of nitriles is 1. The third-order valence-electron chi connectivity index (χ3n) is 8.78. The highest BCUT2D eigenvalue weighted by Crippen LogP contribution is 2.48. The number of halogens is 3. The second kappa shape index (κ2) is 10.7. The maximum Gasteiger partial charge on any atom is 0.249 e.